The van der Waals surface area contributed by atoms with Gasteiger partial charge >= 0.3 is 0 Å². The first kappa shape index (κ1) is 12.5. The van der Waals surface area contributed by atoms with E-state index in [-0.39, 0.29) is 11.6 Å². The number of aryl methyl sites for hydroxylation is 1. The zero-order valence-corrected chi connectivity index (χ0v) is 11.1. The van der Waals surface area contributed by atoms with Gasteiger partial charge in [0.15, 0.2) is 0 Å². The van der Waals surface area contributed by atoms with Gasteiger partial charge in [-0.2, -0.15) is 0 Å². The highest BCUT2D eigenvalue weighted by molar-refractivity contribution is 5.78. The molecule has 0 spiro atoms. The fourth-order valence-electron chi connectivity index (χ4n) is 3.10. The van der Waals surface area contributed by atoms with E-state index in [9.17, 15) is 13.9 Å². The maximum absolute atomic E-state index is 13.3. The van der Waals surface area contributed by atoms with Crippen LogP contribution in [-0.2, 0) is 12.0 Å². The molecule has 21 heavy (non-hydrogen) atoms. The summed E-state index contributed by atoms with van der Waals surface area (Å²) in [6, 6.07) is 10.2. The first-order valence-corrected chi connectivity index (χ1v) is 6.77. The van der Waals surface area contributed by atoms with Crippen LogP contribution in [0.4, 0.5) is 8.78 Å². The maximum atomic E-state index is 13.3. The van der Waals surface area contributed by atoms with E-state index >= 15 is 0 Å². The molecule has 1 aliphatic rings. The summed E-state index contributed by atoms with van der Waals surface area (Å²) >= 11 is 0. The lowest BCUT2D eigenvalue weighted by atomic mass is 9.93. The van der Waals surface area contributed by atoms with E-state index in [2.05, 4.69) is 0 Å². The van der Waals surface area contributed by atoms with Crippen molar-refractivity contribution in [2.24, 2.45) is 0 Å². The fraction of sp³-hybridized carbons (Fsp3) is 0.176. The molecule has 0 fully saturated rings. The predicted octanol–water partition coefficient (Wildman–Crippen LogP) is 3.89. The van der Waals surface area contributed by atoms with Crippen LogP contribution in [0.3, 0.4) is 0 Å². The molecule has 0 aliphatic heterocycles. The van der Waals surface area contributed by atoms with E-state index in [0.29, 0.717) is 35.1 Å². The first-order chi connectivity index (χ1) is 10.1. The van der Waals surface area contributed by atoms with E-state index in [1.807, 2.05) is 0 Å². The van der Waals surface area contributed by atoms with E-state index in [1.165, 1.54) is 30.3 Å². The smallest absolute Gasteiger partial charge is 0.148 e. The number of aliphatic hydroxyl groups is 1. The summed E-state index contributed by atoms with van der Waals surface area (Å²) in [5, 5.41) is 11.6. The highest BCUT2D eigenvalue weighted by Gasteiger charge is 2.41. The van der Waals surface area contributed by atoms with Crippen molar-refractivity contribution in [3.63, 3.8) is 0 Å². The van der Waals surface area contributed by atoms with Crippen LogP contribution in [0.1, 0.15) is 23.3 Å². The van der Waals surface area contributed by atoms with Crippen LogP contribution in [0.5, 0.6) is 0 Å². The molecule has 0 amide bonds. The van der Waals surface area contributed by atoms with Crippen LogP contribution in [0.2, 0.25) is 0 Å². The quantitative estimate of drug-likeness (QED) is 0.736. The molecule has 1 unspecified atom stereocenters. The molecule has 106 valence electrons. The van der Waals surface area contributed by atoms with Gasteiger partial charge in [-0.3, -0.25) is 0 Å². The third-order valence-corrected chi connectivity index (χ3v) is 4.15. The Morgan fingerprint density at radius 3 is 2.62 bits per heavy atom. The SMILES string of the molecule is OC1(c2cc3cc(F)ccc3o2)CCc2cc(F)ccc21. The lowest BCUT2D eigenvalue weighted by molar-refractivity contribution is 0.0605. The van der Waals surface area contributed by atoms with Crippen molar-refractivity contribution in [3.8, 4) is 0 Å². The molecule has 2 aromatic carbocycles. The Balaban J connectivity index is 1.89. The van der Waals surface area contributed by atoms with Crippen LogP contribution >= 0.6 is 0 Å². The van der Waals surface area contributed by atoms with Crippen molar-refractivity contribution in [2.45, 2.75) is 18.4 Å². The largest absolute Gasteiger partial charge is 0.458 e. The standard InChI is InChI=1S/C17H12F2O2/c18-12-1-3-14-10(7-12)5-6-17(14,20)16-9-11-8-13(19)2-4-15(11)21-16/h1-4,7-9,20H,5-6H2. The van der Waals surface area contributed by atoms with Gasteiger partial charge in [-0.25, -0.2) is 8.78 Å². The Morgan fingerprint density at radius 2 is 1.76 bits per heavy atom. The minimum absolute atomic E-state index is 0.315. The molecule has 1 aromatic heterocycles. The minimum atomic E-state index is -1.28. The predicted molar refractivity (Wildman–Crippen MR) is 73.9 cm³/mol. The number of halogens is 2. The molecule has 0 saturated heterocycles. The van der Waals surface area contributed by atoms with E-state index in [0.717, 1.165) is 5.56 Å². The molecule has 1 aliphatic carbocycles. The Hall–Kier alpha value is -2.20. The van der Waals surface area contributed by atoms with Crippen molar-refractivity contribution in [2.75, 3.05) is 0 Å². The molecular formula is C17H12F2O2. The number of benzene rings is 2. The zero-order chi connectivity index (χ0) is 14.6. The van der Waals surface area contributed by atoms with Crippen LogP contribution in [0.25, 0.3) is 11.0 Å². The second kappa shape index (κ2) is 4.15. The molecule has 4 heteroatoms. The highest BCUT2D eigenvalue weighted by atomic mass is 19.1. The van der Waals surface area contributed by atoms with Gasteiger partial charge in [0, 0.05) is 5.39 Å². The zero-order valence-electron chi connectivity index (χ0n) is 11.1. The van der Waals surface area contributed by atoms with Crippen molar-refractivity contribution in [1.82, 2.24) is 0 Å². The van der Waals surface area contributed by atoms with Crippen molar-refractivity contribution < 1.29 is 18.3 Å². The Labute approximate surface area is 119 Å². The molecule has 0 bridgehead atoms. The summed E-state index contributed by atoms with van der Waals surface area (Å²) in [5.74, 6) is -0.297. The van der Waals surface area contributed by atoms with Crippen LogP contribution in [0, 0.1) is 11.6 Å². The fourth-order valence-corrected chi connectivity index (χ4v) is 3.10. The van der Waals surface area contributed by atoms with Crippen molar-refractivity contribution in [1.29, 1.82) is 0 Å². The van der Waals surface area contributed by atoms with Gasteiger partial charge < -0.3 is 9.52 Å². The van der Waals surface area contributed by atoms with E-state index in [1.54, 1.807) is 12.1 Å². The van der Waals surface area contributed by atoms with Gasteiger partial charge in [0.25, 0.3) is 0 Å². The lowest BCUT2D eigenvalue weighted by Crippen LogP contribution is -2.23. The number of hydrogen-bond acceptors (Lipinski definition) is 2. The van der Waals surface area contributed by atoms with Crippen LogP contribution in [0.15, 0.2) is 46.9 Å². The molecule has 0 saturated carbocycles. The second-order valence-electron chi connectivity index (χ2n) is 5.45. The normalized spacial score (nSPS) is 20.9. The van der Waals surface area contributed by atoms with Gasteiger partial charge in [0.1, 0.15) is 28.6 Å². The topological polar surface area (TPSA) is 33.4 Å². The van der Waals surface area contributed by atoms with Crippen molar-refractivity contribution in [3.05, 3.63) is 71.0 Å². The van der Waals surface area contributed by atoms with Gasteiger partial charge in [-0.05, 0) is 60.4 Å². The van der Waals surface area contributed by atoms with Crippen LogP contribution < -0.4 is 0 Å². The molecule has 1 heterocycles. The maximum Gasteiger partial charge on any atom is 0.148 e. The second-order valence-corrected chi connectivity index (χ2v) is 5.45. The summed E-state index contributed by atoms with van der Waals surface area (Å²) in [7, 11) is 0. The molecular weight excluding hydrogens is 274 g/mol. The minimum Gasteiger partial charge on any atom is -0.458 e. The Kier molecular flexibility index (Phi) is 2.48. The number of hydrogen-bond donors (Lipinski definition) is 1. The van der Waals surface area contributed by atoms with Gasteiger partial charge in [0.2, 0.25) is 0 Å². The molecule has 1 N–H and O–H groups in total. The van der Waals surface area contributed by atoms with Gasteiger partial charge in [0.05, 0.1) is 0 Å². The molecule has 2 nitrogen and oxygen atoms in total. The Bertz CT molecular complexity index is 853. The third-order valence-electron chi connectivity index (χ3n) is 4.15. The van der Waals surface area contributed by atoms with E-state index < -0.39 is 5.60 Å². The first-order valence-electron chi connectivity index (χ1n) is 6.77. The van der Waals surface area contributed by atoms with Crippen molar-refractivity contribution >= 4 is 11.0 Å². The lowest BCUT2D eigenvalue weighted by Gasteiger charge is -2.21. The molecule has 1 atom stereocenters. The highest BCUT2D eigenvalue weighted by Crippen LogP contribution is 2.43. The average molecular weight is 286 g/mol. The molecule has 0 radical (unpaired) electrons. The summed E-state index contributed by atoms with van der Waals surface area (Å²) in [6.45, 7) is 0. The number of furan rings is 1. The number of fused-ring (bicyclic) bond motifs is 2. The summed E-state index contributed by atoms with van der Waals surface area (Å²) in [4.78, 5) is 0. The monoisotopic (exact) mass is 286 g/mol. The summed E-state index contributed by atoms with van der Waals surface area (Å²) in [6.07, 6.45) is 1.00. The average Bonchev–Trinajstić information content (AvgIpc) is 3.01. The van der Waals surface area contributed by atoms with E-state index in [4.69, 9.17) is 4.42 Å². The Morgan fingerprint density at radius 1 is 1.00 bits per heavy atom. The third kappa shape index (κ3) is 1.79. The summed E-state index contributed by atoms with van der Waals surface area (Å²) in [5.41, 5.74) is 0.682. The van der Waals surface area contributed by atoms with Gasteiger partial charge in [-0.15, -0.1) is 0 Å². The number of rotatable bonds is 1. The van der Waals surface area contributed by atoms with Crippen LogP contribution in [-0.4, -0.2) is 5.11 Å². The molecule has 4 rings (SSSR count). The summed E-state index contributed by atoms with van der Waals surface area (Å²) < 4.78 is 32.2. The molecule has 3 aromatic rings. The van der Waals surface area contributed by atoms with Gasteiger partial charge in [-0.1, -0.05) is 6.07 Å².